The molecule has 102 valence electrons. The van der Waals surface area contributed by atoms with Gasteiger partial charge in [0, 0.05) is 15.3 Å². The van der Waals surface area contributed by atoms with Gasteiger partial charge in [-0.1, -0.05) is 0 Å². The van der Waals surface area contributed by atoms with Gasteiger partial charge in [0.2, 0.25) is 5.91 Å². The standard InChI is InChI=1S/C14H11IN2O2S/c15-10-3-5-11(6-4-10)16-14(20)17-13(18)8-7-12-2-1-9-19-12/h1-9H,(H2,16,17,18,20)/b8-7+. The first-order chi connectivity index (χ1) is 9.63. The van der Waals surface area contributed by atoms with Gasteiger partial charge in [-0.3, -0.25) is 10.1 Å². The Hall–Kier alpha value is -1.67. The van der Waals surface area contributed by atoms with E-state index in [-0.39, 0.29) is 11.0 Å². The molecule has 0 saturated heterocycles. The lowest BCUT2D eigenvalue weighted by molar-refractivity contribution is -0.115. The van der Waals surface area contributed by atoms with Gasteiger partial charge in [0.15, 0.2) is 5.11 Å². The minimum absolute atomic E-state index is 0.250. The van der Waals surface area contributed by atoms with Gasteiger partial charge in [-0.15, -0.1) is 0 Å². The number of hydrogen-bond donors (Lipinski definition) is 2. The first kappa shape index (κ1) is 14.7. The molecule has 1 aromatic carbocycles. The molecule has 0 radical (unpaired) electrons. The maximum Gasteiger partial charge on any atom is 0.250 e. The van der Waals surface area contributed by atoms with E-state index in [1.165, 1.54) is 6.08 Å². The lowest BCUT2D eigenvalue weighted by Gasteiger charge is -2.07. The van der Waals surface area contributed by atoms with Gasteiger partial charge >= 0.3 is 0 Å². The molecule has 1 aromatic heterocycles. The fraction of sp³-hybridized carbons (Fsp3) is 0. The molecule has 4 nitrogen and oxygen atoms in total. The summed E-state index contributed by atoms with van der Waals surface area (Å²) in [6.07, 6.45) is 4.48. The molecule has 1 amide bonds. The molecule has 0 atom stereocenters. The van der Waals surface area contributed by atoms with Crippen LogP contribution in [-0.2, 0) is 4.79 Å². The topological polar surface area (TPSA) is 54.3 Å². The molecule has 6 heteroatoms. The minimum Gasteiger partial charge on any atom is -0.465 e. The van der Waals surface area contributed by atoms with Crippen molar-refractivity contribution in [2.24, 2.45) is 0 Å². The van der Waals surface area contributed by atoms with E-state index in [9.17, 15) is 4.79 Å². The number of amides is 1. The van der Waals surface area contributed by atoms with Crippen molar-refractivity contribution in [2.45, 2.75) is 0 Å². The van der Waals surface area contributed by atoms with Gasteiger partial charge in [-0.05, 0) is 77.3 Å². The molecule has 0 aliphatic carbocycles. The van der Waals surface area contributed by atoms with Crippen molar-refractivity contribution in [2.75, 3.05) is 5.32 Å². The van der Waals surface area contributed by atoms with Crippen LogP contribution in [0.4, 0.5) is 5.69 Å². The predicted molar refractivity (Wildman–Crippen MR) is 91.3 cm³/mol. The van der Waals surface area contributed by atoms with Crippen LogP contribution in [0.2, 0.25) is 0 Å². The van der Waals surface area contributed by atoms with Crippen molar-refractivity contribution in [3.8, 4) is 0 Å². The lowest BCUT2D eigenvalue weighted by Crippen LogP contribution is -2.32. The molecule has 2 N–H and O–H groups in total. The molecule has 0 aliphatic rings. The van der Waals surface area contributed by atoms with Gasteiger partial charge in [-0.2, -0.15) is 0 Å². The van der Waals surface area contributed by atoms with Crippen molar-refractivity contribution in [3.63, 3.8) is 0 Å². The quantitative estimate of drug-likeness (QED) is 0.473. The smallest absolute Gasteiger partial charge is 0.250 e. The Morgan fingerprint density at radius 3 is 2.65 bits per heavy atom. The Morgan fingerprint density at radius 1 is 1.25 bits per heavy atom. The maximum atomic E-state index is 11.6. The van der Waals surface area contributed by atoms with Crippen molar-refractivity contribution < 1.29 is 9.21 Å². The highest BCUT2D eigenvalue weighted by Crippen LogP contribution is 2.10. The zero-order chi connectivity index (χ0) is 14.4. The second-order valence-corrected chi connectivity index (χ2v) is 5.45. The number of halogens is 1. The van der Waals surface area contributed by atoms with E-state index in [4.69, 9.17) is 16.6 Å². The molecule has 0 spiro atoms. The third-order valence-corrected chi connectivity index (χ3v) is 3.20. The number of benzene rings is 1. The number of furan rings is 1. The van der Waals surface area contributed by atoms with Crippen LogP contribution in [0, 0.1) is 3.57 Å². The average Bonchev–Trinajstić information content (AvgIpc) is 2.92. The van der Waals surface area contributed by atoms with Gasteiger partial charge in [0.25, 0.3) is 0 Å². The molecular weight excluding hydrogens is 387 g/mol. The van der Waals surface area contributed by atoms with Crippen LogP contribution in [0.5, 0.6) is 0 Å². The van der Waals surface area contributed by atoms with Gasteiger partial charge in [0.1, 0.15) is 5.76 Å². The van der Waals surface area contributed by atoms with Crippen LogP contribution < -0.4 is 10.6 Å². The SMILES string of the molecule is O=C(/C=C/c1ccco1)NC(=S)Nc1ccc(I)cc1. The van der Waals surface area contributed by atoms with E-state index in [0.29, 0.717) is 5.76 Å². The summed E-state index contributed by atoms with van der Waals surface area (Å²) in [5.74, 6) is 0.293. The molecular formula is C14H11IN2O2S. The Morgan fingerprint density at radius 2 is 2.00 bits per heavy atom. The summed E-state index contributed by atoms with van der Waals surface area (Å²) in [6, 6.07) is 11.2. The third kappa shape index (κ3) is 4.78. The number of carbonyl (C=O) groups excluding carboxylic acids is 1. The van der Waals surface area contributed by atoms with E-state index in [1.54, 1.807) is 24.5 Å². The zero-order valence-electron chi connectivity index (χ0n) is 10.3. The second-order valence-electron chi connectivity index (χ2n) is 3.80. The average molecular weight is 398 g/mol. The molecule has 0 saturated carbocycles. The molecule has 0 bridgehead atoms. The van der Waals surface area contributed by atoms with Crippen LogP contribution in [0.1, 0.15) is 5.76 Å². The summed E-state index contributed by atoms with van der Waals surface area (Å²) < 4.78 is 6.21. The molecule has 2 aromatic rings. The maximum absolute atomic E-state index is 11.6. The van der Waals surface area contributed by atoms with E-state index < -0.39 is 0 Å². The Kier molecular flexibility index (Phi) is 5.31. The molecule has 1 heterocycles. The fourth-order valence-corrected chi connectivity index (χ4v) is 1.97. The van der Waals surface area contributed by atoms with Crippen LogP contribution >= 0.6 is 34.8 Å². The Balaban J connectivity index is 1.85. The number of hydrogen-bond acceptors (Lipinski definition) is 3. The predicted octanol–water partition coefficient (Wildman–Crippen LogP) is 3.41. The van der Waals surface area contributed by atoms with Crippen molar-refractivity contribution in [1.29, 1.82) is 0 Å². The van der Waals surface area contributed by atoms with E-state index in [2.05, 4.69) is 33.2 Å². The Bertz CT molecular complexity index is 621. The first-order valence-electron chi connectivity index (χ1n) is 5.72. The van der Waals surface area contributed by atoms with Crippen LogP contribution in [0.15, 0.2) is 53.2 Å². The highest BCUT2D eigenvalue weighted by Gasteiger charge is 2.01. The second kappa shape index (κ2) is 7.20. The number of rotatable bonds is 3. The van der Waals surface area contributed by atoms with Crippen molar-refractivity contribution in [3.05, 3.63) is 58.1 Å². The van der Waals surface area contributed by atoms with E-state index >= 15 is 0 Å². The van der Waals surface area contributed by atoms with Crippen LogP contribution in [-0.4, -0.2) is 11.0 Å². The number of thiocarbonyl (C=S) groups is 1. The van der Waals surface area contributed by atoms with Crippen LogP contribution in [0.3, 0.4) is 0 Å². The number of anilines is 1. The summed E-state index contributed by atoms with van der Waals surface area (Å²) >= 11 is 7.27. The third-order valence-electron chi connectivity index (χ3n) is 2.28. The minimum atomic E-state index is -0.315. The molecule has 0 unspecified atom stereocenters. The molecule has 0 aliphatic heterocycles. The molecule has 2 rings (SSSR count). The fourth-order valence-electron chi connectivity index (χ4n) is 1.39. The van der Waals surface area contributed by atoms with Crippen LogP contribution in [0.25, 0.3) is 6.08 Å². The van der Waals surface area contributed by atoms with E-state index in [1.807, 2.05) is 24.3 Å². The largest absolute Gasteiger partial charge is 0.465 e. The van der Waals surface area contributed by atoms with Gasteiger partial charge in [-0.25, -0.2) is 0 Å². The summed E-state index contributed by atoms with van der Waals surface area (Å²) in [5, 5.41) is 5.74. The summed E-state index contributed by atoms with van der Waals surface area (Å²) in [6.45, 7) is 0. The monoisotopic (exact) mass is 398 g/mol. The van der Waals surface area contributed by atoms with Gasteiger partial charge < -0.3 is 9.73 Å². The number of carbonyl (C=O) groups is 1. The zero-order valence-corrected chi connectivity index (χ0v) is 13.3. The summed E-state index contributed by atoms with van der Waals surface area (Å²) in [5.41, 5.74) is 0.825. The molecule has 0 fully saturated rings. The lowest BCUT2D eigenvalue weighted by atomic mass is 10.3. The van der Waals surface area contributed by atoms with E-state index in [0.717, 1.165) is 9.26 Å². The molecule has 20 heavy (non-hydrogen) atoms. The number of nitrogens with one attached hydrogen (secondary N) is 2. The normalized spacial score (nSPS) is 10.4. The van der Waals surface area contributed by atoms with Crippen molar-refractivity contribution >= 4 is 57.6 Å². The summed E-state index contributed by atoms with van der Waals surface area (Å²) in [7, 11) is 0. The highest BCUT2D eigenvalue weighted by molar-refractivity contribution is 14.1. The Labute approximate surface area is 135 Å². The van der Waals surface area contributed by atoms with Gasteiger partial charge in [0.05, 0.1) is 6.26 Å². The first-order valence-corrected chi connectivity index (χ1v) is 7.21. The van der Waals surface area contributed by atoms with Crippen molar-refractivity contribution in [1.82, 2.24) is 5.32 Å². The highest BCUT2D eigenvalue weighted by atomic mass is 127. The summed E-state index contributed by atoms with van der Waals surface area (Å²) in [4.78, 5) is 11.6.